The first-order chi connectivity index (χ1) is 17.0. The minimum atomic E-state index is -0.591. The number of hydrogen-bond donors (Lipinski definition) is 2. The third kappa shape index (κ3) is 7.02. The van der Waals surface area contributed by atoms with Crippen LogP contribution in [0.2, 0.25) is 0 Å². The topological polar surface area (TPSA) is 119 Å². The number of aryl methyl sites for hydroxylation is 1. The number of ether oxygens (including phenoxy) is 1. The number of hydrogen-bond acceptors (Lipinski definition) is 7. The normalized spacial score (nSPS) is 15.3. The van der Waals surface area contributed by atoms with Crippen LogP contribution in [0.3, 0.4) is 0 Å². The lowest BCUT2D eigenvalue weighted by atomic mass is 9.89. The lowest BCUT2D eigenvalue weighted by Gasteiger charge is -2.30. The van der Waals surface area contributed by atoms with Crippen LogP contribution in [0.15, 0.2) is 51.6 Å². The predicted octanol–water partition coefficient (Wildman–Crippen LogP) is 4.64. The SMILES string of the molecule is CC(=O)NC1(c2noc(CCC(=O)Nc3cccc(COCc4ccco4)c3)n2)CCCCCC1. The second-order valence-electron chi connectivity index (χ2n) is 9.01. The van der Waals surface area contributed by atoms with Crippen molar-refractivity contribution < 1.29 is 23.3 Å². The standard InChI is InChI=1S/C26H32N4O5/c1-19(31)29-26(13-4-2-3-5-14-26)25-28-24(35-30-25)12-11-23(32)27-21-9-6-8-20(16-21)17-33-18-22-10-7-15-34-22/h6-10,15-16H,2-5,11-14,17-18H2,1H3,(H,27,32)(H,29,31). The van der Waals surface area contributed by atoms with Crippen LogP contribution in [-0.4, -0.2) is 22.0 Å². The van der Waals surface area contributed by atoms with Crippen LogP contribution in [-0.2, 0) is 39.5 Å². The van der Waals surface area contributed by atoms with Crippen LogP contribution in [0.25, 0.3) is 0 Å². The second-order valence-corrected chi connectivity index (χ2v) is 9.01. The zero-order valence-electron chi connectivity index (χ0n) is 20.0. The van der Waals surface area contributed by atoms with Crippen LogP contribution < -0.4 is 10.6 Å². The minimum absolute atomic E-state index is 0.105. The van der Waals surface area contributed by atoms with Gasteiger partial charge in [0.1, 0.15) is 17.9 Å². The molecule has 9 nitrogen and oxygen atoms in total. The van der Waals surface area contributed by atoms with E-state index in [0.29, 0.717) is 37.0 Å². The monoisotopic (exact) mass is 480 g/mol. The first kappa shape index (κ1) is 24.7. The molecule has 35 heavy (non-hydrogen) atoms. The van der Waals surface area contributed by atoms with Gasteiger partial charge in [0.2, 0.25) is 17.7 Å². The van der Waals surface area contributed by atoms with Gasteiger partial charge in [-0.3, -0.25) is 9.59 Å². The molecule has 1 aliphatic carbocycles. The Morgan fingerprint density at radius 1 is 1.09 bits per heavy atom. The zero-order valence-corrected chi connectivity index (χ0v) is 20.0. The van der Waals surface area contributed by atoms with Crippen molar-refractivity contribution in [2.45, 2.75) is 77.0 Å². The molecule has 1 saturated carbocycles. The summed E-state index contributed by atoms with van der Waals surface area (Å²) in [5.74, 6) is 1.41. The minimum Gasteiger partial charge on any atom is -0.467 e. The highest BCUT2D eigenvalue weighted by Crippen LogP contribution is 2.34. The molecule has 1 fully saturated rings. The van der Waals surface area contributed by atoms with Gasteiger partial charge in [0.05, 0.1) is 12.9 Å². The van der Waals surface area contributed by atoms with Crippen LogP contribution in [0.1, 0.15) is 74.9 Å². The van der Waals surface area contributed by atoms with Gasteiger partial charge in [-0.05, 0) is 42.7 Å². The molecule has 0 spiro atoms. The Kier molecular flexibility index (Phi) is 8.31. The van der Waals surface area contributed by atoms with Gasteiger partial charge in [0.15, 0.2) is 5.82 Å². The van der Waals surface area contributed by atoms with Gasteiger partial charge in [0, 0.05) is 25.5 Å². The molecule has 3 aromatic rings. The third-order valence-corrected chi connectivity index (χ3v) is 6.14. The van der Waals surface area contributed by atoms with Gasteiger partial charge >= 0.3 is 0 Å². The Hall–Kier alpha value is -3.46. The highest BCUT2D eigenvalue weighted by atomic mass is 16.5. The number of aromatic nitrogens is 2. The van der Waals surface area contributed by atoms with Crippen LogP contribution in [0, 0.1) is 0 Å². The van der Waals surface area contributed by atoms with Crippen molar-refractivity contribution in [2.24, 2.45) is 0 Å². The summed E-state index contributed by atoms with van der Waals surface area (Å²) in [6, 6.07) is 11.2. The second kappa shape index (κ2) is 11.8. The number of nitrogens with one attached hydrogen (secondary N) is 2. The fourth-order valence-corrected chi connectivity index (χ4v) is 4.47. The van der Waals surface area contributed by atoms with E-state index < -0.39 is 5.54 Å². The van der Waals surface area contributed by atoms with Gasteiger partial charge in [-0.2, -0.15) is 4.98 Å². The Balaban J connectivity index is 1.29. The average Bonchev–Trinajstić information content (AvgIpc) is 3.47. The number of amides is 2. The molecule has 0 unspecified atom stereocenters. The van der Waals surface area contributed by atoms with E-state index in [1.807, 2.05) is 36.4 Å². The molecular weight excluding hydrogens is 448 g/mol. The molecule has 0 aliphatic heterocycles. The van der Waals surface area contributed by atoms with Crippen molar-refractivity contribution in [1.29, 1.82) is 0 Å². The molecule has 9 heteroatoms. The highest BCUT2D eigenvalue weighted by molar-refractivity contribution is 5.90. The molecule has 0 atom stereocenters. The molecule has 2 heterocycles. The van der Waals surface area contributed by atoms with Crippen molar-refractivity contribution in [2.75, 3.05) is 5.32 Å². The van der Waals surface area contributed by atoms with Gasteiger partial charge in [-0.1, -0.05) is 43.0 Å². The fourth-order valence-electron chi connectivity index (χ4n) is 4.47. The lowest BCUT2D eigenvalue weighted by molar-refractivity contribution is -0.121. The lowest BCUT2D eigenvalue weighted by Crippen LogP contribution is -2.45. The molecule has 2 aromatic heterocycles. The summed E-state index contributed by atoms with van der Waals surface area (Å²) in [7, 11) is 0. The van der Waals surface area contributed by atoms with E-state index in [-0.39, 0.29) is 18.2 Å². The van der Waals surface area contributed by atoms with E-state index in [1.165, 1.54) is 6.92 Å². The summed E-state index contributed by atoms with van der Waals surface area (Å²) in [6.07, 6.45) is 7.96. The van der Waals surface area contributed by atoms with E-state index in [0.717, 1.165) is 49.8 Å². The first-order valence-corrected chi connectivity index (χ1v) is 12.1. The number of carbonyl (C=O) groups excluding carboxylic acids is 2. The molecule has 1 aromatic carbocycles. The quantitative estimate of drug-likeness (QED) is 0.406. The molecule has 0 bridgehead atoms. The van der Waals surface area contributed by atoms with Crippen molar-refractivity contribution in [3.63, 3.8) is 0 Å². The van der Waals surface area contributed by atoms with Crippen molar-refractivity contribution in [3.05, 3.63) is 65.7 Å². The Bertz CT molecular complexity index is 1100. The van der Waals surface area contributed by atoms with Gasteiger partial charge in [-0.25, -0.2) is 0 Å². The van der Waals surface area contributed by atoms with Gasteiger partial charge in [0.25, 0.3) is 0 Å². The van der Waals surface area contributed by atoms with Gasteiger partial charge < -0.3 is 24.3 Å². The van der Waals surface area contributed by atoms with E-state index in [9.17, 15) is 9.59 Å². The maximum Gasteiger partial charge on any atom is 0.227 e. The molecular formula is C26H32N4O5. The van der Waals surface area contributed by atoms with E-state index in [1.54, 1.807) is 6.26 Å². The summed E-state index contributed by atoms with van der Waals surface area (Å²) in [4.78, 5) is 29.0. The smallest absolute Gasteiger partial charge is 0.227 e. The van der Waals surface area contributed by atoms with Crippen LogP contribution in [0.4, 0.5) is 5.69 Å². The third-order valence-electron chi connectivity index (χ3n) is 6.14. The summed E-state index contributed by atoms with van der Waals surface area (Å²) in [6.45, 7) is 2.31. The molecule has 0 saturated heterocycles. The molecule has 1 aliphatic rings. The first-order valence-electron chi connectivity index (χ1n) is 12.1. The number of anilines is 1. The van der Waals surface area contributed by atoms with E-state index in [4.69, 9.17) is 13.7 Å². The largest absolute Gasteiger partial charge is 0.467 e. The summed E-state index contributed by atoms with van der Waals surface area (Å²) >= 11 is 0. The predicted molar refractivity (Wildman–Crippen MR) is 128 cm³/mol. The summed E-state index contributed by atoms with van der Waals surface area (Å²) in [5.41, 5.74) is 1.05. The number of nitrogens with zero attached hydrogens (tertiary/aromatic N) is 2. The number of furan rings is 1. The zero-order chi connectivity index (χ0) is 24.5. The summed E-state index contributed by atoms with van der Waals surface area (Å²) < 4.78 is 16.4. The van der Waals surface area contributed by atoms with Crippen LogP contribution in [0.5, 0.6) is 0 Å². The Labute approximate surface area is 204 Å². The number of benzene rings is 1. The van der Waals surface area contributed by atoms with Gasteiger partial charge in [-0.15, -0.1) is 0 Å². The number of carbonyl (C=O) groups is 2. The van der Waals surface area contributed by atoms with Crippen molar-refractivity contribution in [1.82, 2.24) is 15.5 Å². The summed E-state index contributed by atoms with van der Waals surface area (Å²) in [5, 5.41) is 10.2. The molecule has 0 radical (unpaired) electrons. The molecule has 186 valence electrons. The molecule has 4 rings (SSSR count). The van der Waals surface area contributed by atoms with Crippen LogP contribution >= 0.6 is 0 Å². The maximum atomic E-state index is 12.5. The Morgan fingerprint density at radius 2 is 1.91 bits per heavy atom. The average molecular weight is 481 g/mol. The Morgan fingerprint density at radius 3 is 2.66 bits per heavy atom. The van der Waals surface area contributed by atoms with Crippen molar-refractivity contribution >= 4 is 17.5 Å². The highest BCUT2D eigenvalue weighted by Gasteiger charge is 2.38. The maximum absolute atomic E-state index is 12.5. The van der Waals surface area contributed by atoms with E-state index >= 15 is 0 Å². The number of rotatable bonds is 10. The molecule has 2 amide bonds. The van der Waals surface area contributed by atoms with Crippen molar-refractivity contribution in [3.8, 4) is 0 Å². The fraction of sp³-hybridized carbons (Fsp3) is 0.462. The molecule has 2 N–H and O–H groups in total. The van der Waals surface area contributed by atoms with E-state index in [2.05, 4.69) is 20.8 Å².